The van der Waals surface area contributed by atoms with Crippen molar-refractivity contribution in [1.82, 2.24) is 9.78 Å². The third-order valence-corrected chi connectivity index (χ3v) is 11.3. The lowest BCUT2D eigenvalue weighted by atomic mass is 10.0. The molecule has 0 unspecified atom stereocenters. The van der Waals surface area contributed by atoms with Crippen LogP contribution in [-0.4, -0.2) is 19.6 Å². The normalized spacial score (nSPS) is 12.6. The van der Waals surface area contributed by atoms with Crippen molar-refractivity contribution in [3.63, 3.8) is 0 Å². The highest BCUT2D eigenvalue weighted by Crippen LogP contribution is 2.71. The van der Waals surface area contributed by atoms with Crippen molar-refractivity contribution in [3.05, 3.63) is 119 Å². The number of fused-ring (bicyclic) bond motifs is 1. The van der Waals surface area contributed by atoms with Crippen molar-refractivity contribution in [2.45, 2.75) is 54.8 Å². The molecule has 4 nitrogen and oxygen atoms in total. The van der Waals surface area contributed by atoms with E-state index in [1.54, 1.807) is 0 Å². The van der Waals surface area contributed by atoms with Gasteiger partial charge < -0.3 is 9.29 Å². The molecule has 0 aliphatic heterocycles. The third-order valence-electron chi connectivity index (χ3n) is 7.02. The van der Waals surface area contributed by atoms with Gasteiger partial charge in [0.2, 0.25) is 0 Å². The molecule has 0 bridgehead atoms. The zero-order chi connectivity index (χ0) is 27.6. The lowest BCUT2D eigenvalue weighted by Crippen LogP contribution is -2.30. The van der Waals surface area contributed by atoms with Crippen LogP contribution in [0.3, 0.4) is 0 Å². The van der Waals surface area contributed by atoms with Crippen molar-refractivity contribution in [3.8, 4) is 5.75 Å². The Labute approximate surface area is 237 Å². The van der Waals surface area contributed by atoms with E-state index < -0.39 is 10.3 Å². The predicted molar refractivity (Wildman–Crippen MR) is 163 cm³/mol. The molecule has 4 aromatic carbocycles. The van der Waals surface area contributed by atoms with Gasteiger partial charge in [0.15, 0.2) is 0 Å². The Morgan fingerprint density at radius 3 is 2.05 bits per heavy atom. The number of rotatable bonds is 8. The monoisotopic (exact) mass is 558 g/mol. The summed E-state index contributed by atoms with van der Waals surface area (Å²) in [6.07, 6.45) is 1.60. The maximum absolute atomic E-state index is 9.50. The molecule has 0 aliphatic rings. The molecule has 202 valence electrons. The van der Waals surface area contributed by atoms with E-state index in [1.165, 1.54) is 9.79 Å². The number of aryl methyl sites for hydroxylation is 3. The van der Waals surface area contributed by atoms with Gasteiger partial charge in [-0.05, 0) is 109 Å². The molecule has 0 saturated heterocycles. The number of aliphatic hydroxyl groups is 1. The molecule has 1 heterocycles. The van der Waals surface area contributed by atoms with E-state index >= 15 is 0 Å². The molecule has 5 rings (SSSR count). The van der Waals surface area contributed by atoms with E-state index in [4.69, 9.17) is 15.8 Å². The van der Waals surface area contributed by atoms with Crippen LogP contribution in [0.15, 0.2) is 107 Å². The number of hydrogen-bond acceptors (Lipinski definition) is 3. The zero-order valence-electron chi connectivity index (χ0n) is 22.9. The number of hydrogen-bond donors (Lipinski definition) is 1. The molecular weight excluding hydrogens is 524 g/mol. The average Bonchev–Trinajstić information content (AvgIpc) is 3.30. The number of halogens is 1. The molecule has 0 spiro atoms. The first-order valence-corrected chi connectivity index (χ1v) is 15.1. The maximum Gasteiger partial charge on any atom is 0.143 e. The first kappa shape index (κ1) is 27.3. The van der Waals surface area contributed by atoms with E-state index in [9.17, 15) is 5.11 Å². The first-order chi connectivity index (χ1) is 18.7. The number of aliphatic hydroxyl groups excluding tert-OH is 1. The van der Waals surface area contributed by atoms with Crippen LogP contribution in [0.4, 0.5) is 0 Å². The topological polar surface area (TPSA) is 47.3 Å². The molecule has 5 aromatic rings. The van der Waals surface area contributed by atoms with Crippen LogP contribution in [0.5, 0.6) is 5.75 Å². The molecular formula is C33H35ClN2O2S. The molecule has 0 fully saturated rings. The van der Waals surface area contributed by atoms with Crippen LogP contribution in [0.2, 0.25) is 5.02 Å². The minimum absolute atomic E-state index is 0.0586. The number of aromatic nitrogens is 2. The van der Waals surface area contributed by atoms with Gasteiger partial charge in [-0.2, -0.15) is 5.10 Å². The van der Waals surface area contributed by atoms with Crippen LogP contribution in [-0.2, 0) is 26.5 Å². The SMILES string of the molecule is Cn1nc(CO)cc1CCc1cc(OS(c2ccccc2)(c2ccccc2)C(C)(C)C)c2ccc(Cl)cc2c1. The van der Waals surface area contributed by atoms with Crippen LogP contribution < -0.4 is 4.18 Å². The second kappa shape index (κ2) is 11.1. The molecule has 1 aromatic heterocycles. The van der Waals surface area contributed by atoms with E-state index in [0.29, 0.717) is 10.7 Å². The van der Waals surface area contributed by atoms with Crippen molar-refractivity contribution >= 4 is 32.7 Å². The standard InChI is InChI=1S/C33H35ClN2O2S/c1-33(2,3)39(29-11-7-5-8-12-29,30-13-9-6-10-14-30)38-32-20-24(19-25-21-26(34)16-18-31(25)32)15-17-28-22-27(23-37)35-36(28)4/h5-14,16,18-22,37H,15,17,23H2,1-4H3. The third kappa shape index (κ3) is 5.44. The second-order valence-corrected chi connectivity index (χ2v) is 14.6. The van der Waals surface area contributed by atoms with Crippen LogP contribution in [0.1, 0.15) is 37.7 Å². The van der Waals surface area contributed by atoms with E-state index in [1.807, 2.05) is 29.9 Å². The van der Waals surface area contributed by atoms with Crippen molar-refractivity contribution in [2.24, 2.45) is 7.05 Å². The van der Waals surface area contributed by atoms with Gasteiger partial charge in [-0.1, -0.05) is 54.1 Å². The summed E-state index contributed by atoms with van der Waals surface area (Å²) in [7, 11) is -0.0696. The summed E-state index contributed by atoms with van der Waals surface area (Å²) in [5.74, 6) is 0.859. The van der Waals surface area contributed by atoms with Crippen LogP contribution >= 0.6 is 21.9 Å². The van der Waals surface area contributed by atoms with Gasteiger partial charge in [0.1, 0.15) is 5.75 Å². The molecule has 39 heavy (non-hydrogen) atoms. The Morgan fingerprint density at radius 2 is 1.49 bits per heavy atom. The molecule has 1 N–H and O–H groups in total. The summed E-state index contributed by atoms with van der Waals surface area (Å²) < 4.78 is 9.06. The first-order valence-electron chi connectivity index (χ1n) is 13.2. The summed E-state index contributed by atoms with van der Waals surface area (Å²) >= 11 is 6.46. The van der Waals surface area contributed by atoms with Gasteiger partial charge in [-0.15, -0.1) is 0 Å². The fourth-order valence-electron chi connectivity index (χ4n) is 5.16. The summed E-state index contributed by atoms with van der Waals surface area (Å²) in [4.78, 5) is 2.37. The van der Waals surface area contributed by atoms with Gasteiger partial charge in [-0.3, -0.25) is 4.68 Å². The van der Waals surface area contributed by atoms with Gasteiger partial charge >= 0.3 is 0 Å². The molecule has 0 aliphatic carbocycles. The zero-order valence-corrected chi connectivity index (χ0v) is 24.5. The quantitative estimate of drug-likeness (QED) is 0.207. The molecule has 0 radical (unpaired) electrons. The Morgan fingerprint density at radius 1 is 0.846 bits per heavy atom. The minimum atomic E-state index is -1.99. The highest BCUT2D eigenvalue weighted by molar-refractivity contribution is 8.31. The van der Waals surface area contributed by atoms with Crippen molar-refractivity contribution in [1.29, 1.82) is 0 Å². The second-order valence-electron chi connectivity index (χ2n) is 10.7. The van der Waals surface area contributed by atoms with Crippen LogP contribution in [0, 0.1) is 0 Å². The largest absolute Gasteiger partial charge is 0.439 e. The molecule has 6 heteroatoms. The number of benzene rings is 4. The Balaban J connectivity index is 1.66. The Bertz CT molecular complexity index is 1540. The fourth-order valence-corrected chi connectivity index (χ4v) is 8.95. The van der Waals surface area contributed by atoms with E-state index in [-0.39, 0.29) is 11.4 Å². The number of nitrogens with zero attached hydrogens (tertiary/aromatic N) is 2. The predicted octanol–water partition coefficient (Wildman–Crippen LogP) is 8.52. The van der Waals surface area contributed by atoms with Gasteiger partial charge in [0, 0.05) is 37.7 Å². The summed E-state index contributed by atoms with van der Waals surface area (Å²) in [6, 6.07) is 33.6. The maximum atomic E-state index is 9.50. The molecule has 0 saturated carbocycles. The summed E-state index contributed by atoms with van der Waals surface area (Å²) in [5, 5.41) is 16.7. The molecule has 0 amide bonds. The van der Waals surface area contributed by atoms with Crippen molar-refractivity contribution < 1.29 is 9.29 Å². The lowest BCUT2D eigenvalue weighted by molar-refractivity contribution is 0.275. The minimum Gasteiger partial charge on any atom is -0.439 e. The Hall–Kier alpha value is -3.25. The van der Waals surface area contributed by atoms with Gasteiger partial charge in [0.05, 0.1) is 12.3 Å². The van der Waals surface area contributed by atoms with E-state index in [2.05, 4.69) is 105 Å². The van der Waals surface area contributed by atoms with Gasteiger partial charge in [-0.25, -0.2) is 0 Å². The smallest absolute Gasteiger partial charge is 0.143 e. The summed E-state index contributed by atoms with van der Waals surface area (Å²) in [5.41, 5.74) is 2.93. The average molecular weight is 559 g/mol. The van der Waals surface area contributed by atoms with E-state index in [0.717, 1.165) is 40.6 Å². The highest BCUT2D eigenvalue weighted by Gasteiger charge is 2.43. The fraction of sp³-hybridized carbons (Fsp3) is 0.242. The highest BCUT2D eigenvalue weighted by atomic mass is 35.5. The van der Waals surface area contributed by atoms with Gasteiger partial charge in [0.25, 0.3) is 0 Å². The molecule has 0 atom stereocenters. The van der Waals surface area contributed by atoms with Crippen LogP contribution in [0.25, 0.3) is 10.8 Å². The lowest BCUT2D eigenvalue weighted by Gasteiger charge is -2.50. The van der Waals surface area contributed by atoms with Crippen molar-refractivity contribution in [2.75, 3.05) is 0 Å². The Kier molecular flexibility index (Phi) is 7.77. The summed E-state index contributed by atoms with van der Waals surface area (Å²) in [6.45, 7) is 6.75.